The molecule has 20 heavy (non-hydrogen) atoms. The van der Waals surface area contributed by atoms with Crippen molar-refractivity contribution in [2.45, 2.75) is 71.5 Å². The van der Waals surface area contributed by atoms with Gasteiger partial charge in [-0.05, 0) is 55.2 Å². The lowest BCUT2D eigenvalue weighted by Crippen LogP contribution is -2.44. The summed E-state index contributed by atoms with van der Waals surface area (Å²) in [6.45, 7) is 10.1. The van der Waals surface area contributed by atoms with Crippen molar-refractivity contribution in [2.24, 2.45) is 5.73 Å². The van der Waals surface area contributed by atoms with Crippen molar-refractivity contribution < 1.29 is 0 Å². The van der Waals surface area contributed by atoms with Crippen LogP contribution in [0.3, 0.4) is 0 Å². The Morgan fingerprint density at radius 1 is 1.30 bits per heavy atom. The van der Waals surface area contributed by atoms with Gasteiger partial charge in [0.1, 0.15) is 0 Å². The molecule has 0 spiro atoms. The van der Waals surface area contributed by atoms with Crippen molar-refractivity contribution in [1.82, 2.24) is 4.90 Å². The maximum absolute atomic E-state index is 6.45. The zero-order valence-electron chi connectivity index (χ0n) is 13.2. The van der Waals surface area contributed by atoms with E-state index in [-0.39, 0.29) is 6.04 Å². The molecule has 2 N–H and O–H groups in total. The van der Waals surface area contributed by atoms with E-state index in [0.29, 0.717) is 12.1 Å². The van der Waals surface area contributed by atoms with Crippen LogP contribution >= 0.6 is 27.3 Å². The summed E-state index contributed by atoms with van der Waals surface area (Å²) in [5.41, 5.74) is 6.45. The molecule has 116 valence electrons. The Morgan fingerprint density at radius 3 is 2.45 bits per heavy atom. The fourth-order valence-electron chi connectivity index (χ4n) is 2.59. The minimum absolute atomic E-state index is 0.199. The predicted octanol–water partition coefficient (Wildman–Crippen LogP) is 5.19. The minimum Gasteiger partial charge on any atom is -0.326 e. The molecule has 1 aromatic heterocycles. The van der Waals surface area contributed by atoms with Gasteiger partial charge in [0.25, 0.3) is 0 Å². The van der Waals surface area contributed by atoms with Crippen LogP contribution in [0.5, 0.6) is 0 Å². The maximum Gasteiger partial charge on any atom is 0.0595 e. The van der Waals surface area contributed by atoms with Gasteiger partial charge in [-0.2, -0.15) is 0 Å². The van der Waals surface area contributed by atoms with E-state index >= 15 is 0 Å². The second-order valence-corrected chi connectivity index (χ2v) is 7.58. The second-order valence-electron chi connectivity index (χ2n) is 5.72. The number of nitrogens with two attached hydrogens (primary N) is 1. The Hall–Kier alpha value is 0.1000. The average molecular weight is 361 g/mol. The highest BCUT2D eigenvalue weighted by Crippen LogP contribution is 2.33. The molecular formula is C16H29BrN2S. The predicted molar refractivity (Wildman–Crippen MR) is 94.4 cm³/mol. The lowest BCUT2D eigenvalue weighted by Gasteiger charge is -2.37. The van der Waals surface area contributed by atoms with Crippen LogP contribution < -0.4 is 5.73 Å². The summed E-state index contributed by atoms with van der Waals surface area (Å²) in [6.07, 6.45) is 4.83. The monoisotopic (exact) mass is 360 g/mol. The molecule has 0 saturated heterocycles. The first-order valence-electron chi connectivity index (χ1n) is 7.76. The van der Waals surface area contributed by atoms with Gasteiger partial charge in [-0.3, -0.25) is 4.90 Å². The SMILES string of the molecule is CCCCCN(C(C)C)C(c1cc(Br)cs1)C(N)CC. The molecule has 1 rings (SSSR count). The molecule has 2 atom stereocenters. The van der Waals surface area contributed by atoms with E-state index in [0.717, 1.165) is 13.0 Å². The second kappa shape index (κ2) is 9.19. The molecule has 0 bridgehead atoms. The van der Waals surface area contributed by atoms with Gasteiger partial charge in [-0.25, -0.2) is 0 Å². The summed E-state index contributed by atoms with van der Waals surface area (Å²) in [7, 11) is 0. The quantitative estimate of drug-likeness (QED) is 0.614. The highest BCUT2D eigenvalue weighted by atomic mass is 79.9. The largest absolute Gasteiger partial charge is 0.326 e. The van der Waals surface area contributed by atoms with Gasteiger partial charge in [0.15, 0.2) is 0 Å². The van der Waals surface area contributed by atoms with Crippen LogP contribution in [0.1, 0.15) is 64.3 Å². The van der Waals surface area contributed by atoms with Crippen molar-refractivity contribution in [3.05, 3.63) is 20.8 Å². The van der Waals surface area contributed by atoms with Crippen molar-refractivity contribution in [1.29, 1.82) is 0 Å². The normalized spacial score (nSPS) is 15.0. The number of hydrogen-bond acceptors (Lipinski definition) is 3. The Labute approximate surface area is 136 Å². The molecule has 1 heterocycles. The van der Waals surface area contributed by atoms with Crippen LogP contribution in [0.25, 0.3) is 0 Å². The first-order valence-corrected chi connectivity index (χ1v) is 9.43. The van der Waals surface area contributed by atoms with Gasteiger partial charge >= 0.3 is 0 Å². The lowest BCUT2D eigenvalue weighted by atomic mass is 10.0. The third-order valence-electron chi connectivity index (χ3n) is 3.80. The van der Waals surface area contributed by atoms with E-state index < -0.39 is 0 Å². The fraction of sp³-hybridized carbons (Fsp3) is 0.750. The van der Waals surface area contributed by atoms with Crippen LogP contribution in [0, 0.1) is 0 Å². The van der Waals surface area contributed by atoms with Crippen molar-refractivity contribution in [2.75, 3.05) is 6.54 Å². The molecule has 0 aliphatic heterocycles. The van der Waals surface area contributed by atoms with E-state index in [4.69, 9.17) is 5.73 Å². The molecule has 4 heteroatoms. The first-order chi connectivity index (χ1) is 9.51. The minimum atomic E-state index is 0.199. The summed E-state index contributed by atoms with van der Waals surface area (Å²) in [4.78, 5) is 3.97. The van der Waals surface area contributed by atoms with Gasteiger partial charge < -0.3 is 5.73 Å². The number of unbranched alkanes of at least 4 members (excludes halogenated alkanes) is 2. The molecular weight excluding hydrogens is 332 g/mol. The zero-order valence-corrected chi connectivity index (χ0v) is 15.6. The number of halogens is 1. The van der Waals surface area contributed by atoms with Crippen LogP contribution in [0.4, 0.5) is 0 Å². The van der Waals surface area contributed by atoms with Gasteiger partial charge in [-0.1, -0.05) is 26.7 Å². The third-order valence-corrected chi connectivity index (χ3v) is 5.56. The van der Waals surface area contributed by atoms with E-state index in [2.05, 4.69) is 60.0 Å². The molecule has 0 radical (unpaired) electrons. The zero-order chi connectivity index (χ0) is 15.1. The molecule has 2 unspecified atom stereocenters. The molecule has 0 fully saturated rings. The first kappa shape index (κ1) is 18.1. The molecule has 0 amide bonds. The third kappa shape index (κ3) is 5.14. The van der Waals surface area contributed by atoms with Gasteiger partial charge in [-0.15, -0.1) is 11.3 Å². The number of hydrogen-bond donors (Lipinski definition) is 1. The van der Waals surface area contributed by atoms with Crippen LogP contribution in [-0.2, 0) is 0 Å². The van der Waals surface area contributed by atoms with Crippen LogP contribution in [-0.4, -0.2) is 23.5 Å². The Kier molecular flexibility index (Phi) is 8.34. The Morgan fingerprint density at radius 2 is 2.00 bits per heavy atom. The number of nitrogens with zero attached hydrogens (tertiary/aromatic N) is 1. The summed E-state index contributed by atoms with van der Waals surface area (Å²) in [5, 5.41) is 2.16. The number of rotatable bonds is 9. The standard InChI is InChI=1S/C16H29BrN2S/c1-5-7-8-9-19(12(3)4)16(14(18)6-2)15-10-13(17)11-20-15/h10-12,14,16H,5-9,18H2,1-4H3. The van der Waals surface area contributed by atoms with Crippen LogP contribution in [0.15, 0.2) is 15.9 Å². The molecule has 0 aromatic carbocycles. The van der Waals surface area contributed by atoms with Crippen molar-refractivity contribution >= 4 is 27.3 Å². The van der Waals surface area contributed by atoms with Gasteiger partial charge in [0, 0.05) is 26.8 Å². The summed E-state index contributed by atoms with van der Waals surface area (Å²) in [5.74, 6) is 0. The van der Waals surface area contributed by atoms with Crippen LogP contribution in [0.2, 0.25) is 0 Å². The fourth-order valence-corrected chi connectivity index (χ4v) is 4.23. The Bertz CT molecular complexity index is 378. The molecule has 0 aliphatic carbocycles. The van der Waals surface area contributed by atoms with E-state index in [1.54, 1.807) is 0 Å². The molecule has 0 saturated carbocycles. The molecule has 2 nitrogen and oxygen atoms in total. The highest BCUT2D eigenvalue weighted by Gasteiger charge is 2.28. The van der Waals surface area contributed by atoms with Crippen molar-refractivity contribution in [3.63, 3.8) is 0 Å². The van der Waals surface area contributed by atoms with E-state index in [1.807, 2.05) is 11.3 Å². The van der Waals surface area contributed by atoms with Gasteiger partial charge in [0.2, 0.25) is 0 Å². The summed E-state index contributed by atoms with van der Waals surface area (Å²) < 4.78 is 1.17. The van der Waals surface area contributed by atoms with E-state index in [1.165, 1.54) is 28.6 Å². The average Bonchev–Trinajstić information content (AvgIpc) is 2.83. The molecule has 0 aliphatic rings. The lowest BCUT2D eigenvalue weighted by molar-refractivity contribution is 0.129. The molecule has 1 aromatic rings. The Balaban J connectivity index is 2.93. The van der Waals surface area contributed by atoms with Gasteiger partial charge in [0.05, 0.1) is 6.04 Å². The highest BCUT2D eigenvalue weighted by molar-refractivity contribution is 9.10. The smallest absolute Gasteiger partial charge is 0.0595 e. The topological polar surface area (TPSA) is 29.3 Å². The maximum atomic E-state index is 6.45. The van der Waals surface area contributed by atoms with Crippen molar-refractivity contribution in [3.8, 4) is 0 Å². The number of thiophene rings is 1. The summed E-state index contributed by atoms with van der Waals surface area (Å²) in [6, 6.07) is 3.30. The van der Waals surface area contributed by atoms with E-state index in [9.17, 15) is 0 Å². The summed E-state index contributed by atoms with van der Waals surface area (Å²) >= 11 is 5.39.